The molecular weight excluding hydrogens is 264 g/mol. The average Bonchev–Trinajstić information content (AvgIpc) is 2.47. The number of hydrogen-bond donors (Lipinski definition) is 1. The summed E-state index contributed by atoms with van der Waals surface area (Å²) in [4.78, 5) is 0. The van der Waals surface area contributed by atoms with Gasteiger partial charge in [0.25, 0.3) is 0 Å². The SMILES string of the molecule is CCS(=O)(=O)N1CCC(NCC2CCC=CO2)CC1. The summed E-state index contributed by atoms with van der Waals surface area (Å²) in [5, 5.41) is 3.50. The molecule has 0 radical (unpaired) electrons. The van der Waals surface area contributed by atoms with Crippen LogP contribution in [-0.4, -0.2) is 50.3 Å². The largest absolute Gasteiger partial charge is 0.497 e. The number of hydrogen-bond acceptors (Lipinski definition) is 4. The molecule has 0 spiro atoms. The number of sulfonamides is 1. The summed E-state index contributed by atoms with van der Waals surface area (Å²) in [7, 11) is -3.01. The Bertz CT molecular complexity index is 400. The number of ether oxygens (including phenoxy) is 1. The molecule has 19 heavy (non-hydrogen) atoms. The third-order valence-electron chi connectivity index (χ3n) is 3.87. The summed E-state index contributed by atoms with van der Waals surface area (Å²) >= 11 is 0. The van der Waals surface area contributed by atoms with E-state index < -0.39 is 10.0 Å². The Morgan fingerprint density at radius 1 is 1.32 bits per heavy atom. The zero-order valence-corrected chi connectivity index (χ0v) is 12.4. The second-order valence-corrected chi connectivity index (χ2v) is 7.45. The maximum Gasteiger partial charge on any atom is 0.213 e. The van der Waals surface area contributed by atoms with Gasteiger partial charge in [0.2, 0.25) is 10.0 Å². The Hall–Kier alpha value is -0.590. The third kappa shape index (κ3) is 4.19. The van der Waals surface area contributed by atoms with Crippen LogP contribution in [-0.2, 0) is 14.8 Å². The van der Waals surface area contributed by atoms with E-state index in [0.717, 1.165) is 32.2 Å². The molecule has 2 heterocycles. The average molecular weight is 288 g/mol. The lowest BCUT2D eigenvalue weighted by atomic mass is 10.1. The fourth-order valence-electron chi connectivity index (χ4n) is 2.55. The molecule has 1 saturated heterocycles. The summed E-state index contributed by atoms with van der Waals surface area (Å²) < 4.78 is 30.6. The van der Waals surface area contributed by atoms with Gasteiger partial charge in [0.05, 0.1) is 12.0 Å². The molecule has 2 rings (SSSR count). The molecule has 6 heteroatoms. The first-order chi connectivity index (χ1) is 9.12. The Morgan fingerprint density at radius 3 is 2.63 bits per heavy atom. The van der Waals surface area contributed by atoms with Crippen LogP contribution in [0.2, 0.25) is 0 Å². The van der Waals surface area contributed by atoms with Gasteiger partial charge in [-0.3, -0.25) is 0 Å². The molecule has 1 N–H and O–H groups in total. The van der Waals surface area contributed by atoms with Crippen LogP contribution < -0.4 is 5.32 Å². The van der Waals surface area contributed by atoms with Gasteiger partial charge in [0, 0.05) is 25.7 Å². The van der Waals surface area contributed by atoms with E-state index >= 15 is 0 Å². The molecule has 2 aliphatic rings. The van der Waals surface area contributed by atoms with Crippen molar-refractivity contribution in [3.63, 3.8) is 0 Å². The van der Waals surface area contributed by atoms with E-state index in [1.54, 1.807) is 17.5 Å². The van der Waals surface area contributed by atoms with Crippen molar-refractivity contribution < 1.29 is 13.2 Å². The van der Waals surface area contributed by atoms with E-state index in [1.807, 2.05) is 6.08 Å². The van der Waals surface area contributed by atoms with Crippen LogP contribution in [0.3, 0.4) is 0 Å². The Morgan fingerprint density at radius 2 is 2.05 bits per heavy atom. The van der Waals surface area contributed by atoms with Crippen LogP contribution in [0.4, 0.5) is 0 Å². The first-order valence-electron chi connectivity index (χ1n) is 7.13. The van der Waals surface area contributed by atoms with Gasteiger partial charge in [-0.1, -0.05) is 0 Å². The lowest BCUT2D eigenvalue weighted by Crippen LogP contribution is -2.47. The van der Waals surface area contributed by atoms with Crippen LogP contribution in [0.5, 0.6) is 0 Å². The maximum atomic E-state index is 11.7. The van der Waals surface area contributed by atoms with Crippen molar-refractivity contribution in [3.05, 3.63) is 12.3 Å². The normalized spacial score (nSPS) is 26.3. The van der Waals surface area contributed by atoms with E-state index in [4.69, 9.17) is 4.74 Å². The van der Waals surface area contributed by atoms with Gasteiger partial charge in [0.15, 0.2) is 0 Å². The van der Waals surface area contributed by atoms with Gasteiger partial charge in [-0.25, -0.2) is 12.7 Å². The molecule has 0 aromatic rings. The van der Waals surface area contributed by atoms with E-state index in [-0.39, 0.29) is 11.9 Å². The summed E-state index contributed by atoms with van der Waals surface area (Å²) in [6.07, 6.45) is 8.02. The van der Waals surface area contributed by atoms with Crippen molar-refractivity contribution >= 4 is 10.0 Å². The quantitative estimate of drug-likeness (QED) is 0.822. The highest BCUT2D eigenvalue weighted by molar-refractivity contribution is 7.89. The predicted molar refractivity (Wildman–Crippen MR) is 75.3 cm³/mol. The van der Waals surface area contributed by atoms with Gasteiger partial charge < -0.3 is 10.1 Å². The number of nitrogens with zero attached hydrogens (tertiary/aromatic N) is 1. The zero-order valence-electron chi connectivity index (χ0n) is 11.5. The molecule has 5 nitrogen and oxygen atoms in total. The number of nitrogens with one attached hydrogen (secondary N) is 1. The van der Waals surface area contributed by atoms with Crippen molar-refractivity contribution in [3.8, 4) is 0 Å². The molecule has 0 aromatic carbocycles. The van der Waals surface area contributed by atoms with E-state index in [2.05, 4.69) is 5.32 Å². The van der Waals surface area contributed by atoms with Crippen LogP contribution in [0, 0.1) is 0 Å². The van der Waals surface area contributed by atoms with Crippen LogP contribution in [0.1, 0.15) is 32.6 Å². The van der Waals surface area contributed by atoms with Crippen molar-refractivity contribution in [2.24, 2.45) is 0 Å². The smallest absolute Gasteiger partial charge is 0.213 e. The van der Waals surface area contributed by atoms with Crippen LogP contribution in [0.25, 0.3) is 0 Å². The summed E-state index contributed by atoms with van der Waals surface area (Å²) in [6.45, 7) is 3.83. The molecule has 1 fully saturated rings. The molecule has 1 atom stereocenters. The molecule has 0 amide bonds. The third-order valence-corrected chi connectivity index (χ3v) is 5.75. The summed E-state index contributed by atoms with van der Waals surface area (Å²) in [5.74, 6) is 0.202. The Labute approximate surface area is 116 Å². The number of piperidine rings is 1. The Balaban J connectivity index is 1.70. The number of rotatable bonds is 5. The fraction of sp³-hybridized carbons (Fsp3) is 0.846. The van der Waals surface area contributed by atoms with E-state index in [1.165, 1.54) is 0 Å². The molecule has 0 bridgehead atoms. The highest BCUT2D eigenvalue weighted by Crippen LogP contribution is 2.15. The minimum atomic E-state index is -3.01. The standard InChI is InChI=1S/C13H24N2O3S/c1-2-19(16,17)15-8-6-12(7-9-15)14-11-13-5-3-4-10-18-13/h4,10,12-14H,2-3,5-9,11H2,1H3. The predicted octanol–water partition coefficient (Wildman–Crippen LogP) is 1.08. The number of allylic oxidation sites excluding steroid dienone is 1. The molecule has 1 unspecified atom stereocenters. The first kappa shape index (κ1) is 14.8. The zero-order chi connectivity index (χ0) is 13.7. The van der Waals surface area contributed by atoms with E-state index in [9.17, 15) is 8.42 Å². The molecule has 0 aliphatic carbocycles. The van der Waals surface area contributed by atoms with Gasteiger partial charge in [-0.05, 0) is 38.7 Å². The maximum absolute atomic E-state index is 11.7. The minimum absolute atomic E-state index is 0.202. The van der Waals surface area contributed by atoms with Gasteiger partial charge in [-0.2, -0.15) is 0 Å². The minimum Gasteiger partial charge on any atom is -0.497 e. The highest BCUT2D eigenvalue weighted by Gasteiger charge is 2.26. The first-order valence-corrected chi connectivity index (χ1v) is 8.74. The van der Waals surface area contributed by atoms with Crippen LogP contribution in [0.15, 0.2) is 12.3 Å². The summed E-state index contributed by atoms with van der Waals surface area (Å²) in [5.41, 5.74) is 0. The van der Waals surface area contributed by atoms with E-state index in [0.29, 0.717) is 19.1 Å². The molecule has 0 saturated carbocycles. The Kier molecular flexibility index (Phi) is 5.24. The summed E-state index contributed by atoms with van der Waals surface area (Å²) in [6, 6.07) is 0.415. The van der Waals surface area contributed by atoms with Crippen molar-refractivity contribution in [2.75, 3.05) is 25.4 Å². The lowest BCUT2D eigenvalue weighted by Gasteiger charge is -2.32. The van der Waals surface area contributed by atoms with Gasteiger partial charge in [-0.15, -0.1) is 0 Å². The molecule has 110 valence electrons. The van der Waals surface area contributed by atoms with Crippen molar-refractivity contribution in [1.82, 2.24) is 9.62 Å². The lowest BCUT2D eigenvalue weighted by molar-refractivity contribution is 0.116. The fourth-order valence-corrected chi connectivity index (χ4v) is 3.69. The molecule has 0 aromatic heterocycles. The van der Waals surface area contributed by atoms with Crippen LogP contribution >= 0.6 is 0 Å². The molecule has 2 aliphatic heterocycles. The topological polar surface area (TPSA) is 58.6 Å². The highest BCUT2D eigenvalue weighted by atomic mass is 32.2. The van der Waals surface area contributed by atoms with Crippen molar-refractivity contribution in [2.45, 2.75) is 44.8 Å². The second-order valence-electron chi connectivity index (χ2n) is 5.19. The monoisotopic (exact) mass is 288 g/mol. The van der Waals surface area contributed by atoms with Gasteiger partial charge in [0.1, 0.15) is 6.10 Å². The van der Waals surface area contributed by atoms with Crippen molar-refractivity contribution in [1.29, 1.82) is 0 Å². The second kappa shape index (κ2) is 6.72. The van der Waals surface area contributed by atoms with Gasteiger partial charge >= 0.3 is 0 Å². The molecular formula is C13H24N2O3S.